The lowest BCUT2D eigenvalue weighted by Gasteiger charge is -2.16. The van der Waals surface area contributed by atoms with Crippen molar-refractivity contribution < 1.29 is 19.4 Å². The summed E-state index contributed by atoms with van der Waals surface area (Å²) in [7, 11) is 0. The average Bonchev–Trinajstić information content (AvgIpc) is 2.97. The number of hydrogen-bond acceptors (Lipinski definition) is 3. The van der Waals surface area contributed by atoms with Crippen LogP contribution in [-0.2, 0) is 14.3 Å². The van der Waals surface area contributed by atoms with E-state index in [0.717, 1.165) is 17.5 Å². The number of aliphatic carboxylic acids is 1. The summed E-state index contributed by atoms with van der Waals surface area (Å²) in [6.45, 7) is 4.34. The molecule has 0 spiro atoms. The molecule has 0 aromatic heterocycles. The Balaban J connectivity index is 1.66. The SMILES string of the molecule is CC(C)CC[C@H](CC(=O)OCC1c2ccccc2-c2ccccc21)C(=O)O. The Morgan fingerprint density at radius 3 is 2.04 bits per heavy atom. The summed E-state index contributed by atoms with van der Waals surface area (Å²) in [6.07, 6.45) is 1.21. The van der Waals surface area contributed by atoms with Gasteiger partial charge in [0.2, 0.25) is 0 Å². The Hall–Kier alpha value is -2.62. The first-order chi connectivity index (χ1) is 13.0. The van der Waals surface area contributed by atoms with Crippen molar-refractivity contribution in [3.63, 3.8) is 0 Å². The van der Waals surface area contributed by atoms with Crippen LogP contribution in [0.25, 0.3) is 11.1 Å². The lowest BCUT2D eigenvalue weighted by atomic mass is 9.95. The molecule has 2 aromatic carbocycles. The molecule has 0 heterocycles. The van der Waals surface area contributed by atoms with Crippen LogP contribution in [0.4, 0.5) is 0 Å². The molecule has 3 rings (SSSR count). The largest absolute Gasteiger partial charge is 0.481 e. The van der Waals surface area contributed by atoms with Gasteiger partial charge < -0.3 is 9.84 Å². The van der Waals surface area contributed by atoms with E-state index >= 15 is 0 Å². The molecule has 1 aliphatic carbocycles. The summed E-state index contributed by atoms with van der Waals surface area (Å²) < 4.78 is 5.52. The topological polar surface area (TPSA) is 63.6 Å². The van der Waals surface area contributed by atoms with Crippen molar-refractivity contribution >= 4 is 11.9 Å². The van der Waals surface area contributed by atoms with E-state index in [0.29, 0.717) is 12.3 Å². The first-order valence-corrected chi connectivity index (χ1v) is 9.54. The molecular weight excluding hydrogens is 340 g/mol. The van der Waals surface area contributed by atoms with Gasteiger partial charge in [-0.25, -0.2) is 0 Å². The Bertz CT molecular complexity index is 779. The second-order valence-corrected chi connectivity index (χ2v) is 7.62. The van der Waals surface area contributed by atoms with Crippen LogP contribution in [0.1, 0.15) is 50.2 Å². The molecule has 0 fully saturated rings. The van der Waals surface area contributed by atoms with Gasteiger partial charge in [0.15, 0.2) is 0 Å². The number of ether oxygens (including phenoxy) is 1. The van der Waals surface area contributed by atoms with E-state index in [4.69, 9.17) is 4.74 Å². The predicted molar refractivity (Wildman–Crippen MR) is 104 cm³/mol. The standard InChI is InChI=1S/C23H26O4/c1-15(2)11-12-16(23(25)26)13-22(24)27-14-21-19-9-5-3-7-17(19)18-8-4-6-10-20(18)21/h3-10,15-16,21H,11-14H2,1-2H3,(H,25,26)/t16-/m1/s1. The summed E-state index contributed by atoms with van der Waals surface area (Å²) in [5.41, 5.74) is 4.66. The first kappa shape index (κ1) is 19.2. The Morgan fingerprint density at radius 1 is 0.963 bits per heavy atom. The lowest BCUT2D eigenvalue weighted by molar-refractivity contribution is -0.152. The molecule has 0 saturated heterocycles. The molecule has 2 aromatic rings. The van der Waals surface area contributed by atoms with Gasteiger partial charge in [0.1, 0.15) is 6.61 Å². The van der Waals surface area contributed by atoms with Gasteiger partial charge in [0, 0.05) is 5.92 Å². The van der Waals surface area contributed by atoms with E-state index in [1.54, 1.807) is 0 Å². The number of carbonyl (C=O) groups excluding carboxylic acids is 1. The third-order valence-electron chi connectivity index (χ3n) is 5.23. The highest BCUT2D eigenvalue weighted by molar-refractivity contribution is 5.80. The number of carboxylic acids is 1. The van der Waals surface area contributed by atoms with Gasteiger partial charge in [0.05, 0.1) is 12.3 Å². The second-order valence-electron chi connectivity index (χ2n) is 7.62. The van der Waals surface area contributed by atoms with Crippen molar-refractivity contribution in [2.75, 3.05) is 6.61 Å². The number of hydrogen-bond donors (Lipinski definition) is 1. The van der Waals surface area contributed by atoms with Gasteiger partial charge in [-0.15, -0.1) is 0 Å². The molecule has 4 nitrogen and oxygen atoms in total. The molecule has 0 aliphatic heterocycles. The van der Waals surface area contributed by atoms with Crippen molar-refractivity contribution in [2.24, 2.45) is 11.8 Å². The maximum atomic E-state index is 12.3. The fourth-order valence-corrected chi connectivity index (χ4v) is 3.72. The minimum Gasteiger partial charge on any atom is -0.481 e. The zero-order valence-corrected chi connectivity index (χ0v) is 15.9. The minimum absolute atomic E-state index is 0.000270. The van der Waals surface area contributed by atoms with E-state index in [9.17, 15) is 14.7 Å². The van der Waals surface area contributed by atoms with Gasteiger partial charge >= 0.3 is 11.9 Å². The zero-order chi connectivity index (χ0) is 19.4. The molecule has 142 valence electrons. The normalized spacial score (nSPS) is 13.9. The van der Waals surface area contributed by atoms with Gasteiger partial charge in [-0.2, -0.15) is 0 Å². The van der Waals surface area contributed by atoms with Crippen molar-refractivity contribution in [2.45, 2.75) is 39.0 Å². The lowest BCUT2D eigenvalue weighted by Crippen LogP contribution is -2.21. The highest BCUT2D eigenvalue weighted by Crippen LogP contribution is 2.44. The monoisotopic (exact) mass is 366 g/mol. The van der Waals surface area contributed by atoms with Crippen molar-refractivity contribution in [3.05, 3.63) is 59.7 Å². The summed E-state index contributed by atoms with van der Waals surface area (Å²) >= 11 is 0. The molecule has 0 radical (unpaired) electrons. The maximum Gasteiger partial charge on any atom is 0.307 e. The van der Waals surface area contributed by atoms with Gasteiger partial charge in [-0.05, 0) is 34.6 Å². The van der Waals surface area contributed by atoms with Crippen molar-refractivity contribution in [1.82, 2.24) is 0 Å². The number of carbonyl (C=O) groups is 2. The third-order valence-corrected chi connectivity index (χ3v) is 5.23. The molecule has 4 heteroatoms. The molecule has 1 aliphatic rings. The van der Waals surface area contributed by atoms with Crippen molar-refractivity contribution in [1.29, 1.82) is 0 Å². The molecule has 0 bridgehead atoms. The molecule has 1 atom stereocenters. The number of esters is 1. The Kier molecular flexibility index (Phi) is 5.94. The van der Waals surface area contributed by atoms with Crippen LogP contribution in [0, 0.1) is 11.8 Å². The van der Waals surface area contributed by atoms with E-state index in [2.05, 4.69) is 24.3 Å². The summed E-state index contributed by atoms with van der Waals surface area (Å²) in [4.78, 5) is 23.7. The van der Waals surface area contributed by atoms with Crippen LogP contribution in [0.3, 0.4) is 0 Å². The number of rotatable bonds is 8. The Labute approximate surface area is 160 Å². The quantitative estimate of drug-likeness (QED) is 0.677. The summed E-state index contributed by atoms with van der Waals surface area (Å²) in [5, 5.41) is 9.37. The van der Waals surface area contributed by atoms with Gasteiger partial charge in [-0.1, -0.05) is 68.8 Å². The van der Waals surface area contributed by atoms with Crippen LogP contribution in [0.15, 0.2) is 48.5 Å². The van der Waals surface area contributed by atoms with Crippen LogP contribution in [-0.4, -0.2) is 23.7 Å². The third kappa shape index (κ3) is 4.38. The van der Waals surface area contributed by atoms with Crippen LogP contribution < -0.4 is 0 Å². The molecule has 1 N–H and O–H groups in total. The highest BCUT2D eigenvalue weighted by atomic mass is 16.5. The number of benzene rings is 2. The molecule has 27 heavy (non-hydrogen) atoms. The fraction of sp³-hybridized carbons (Fsp3) is 0.391. The Morgan fingerprint density at radius 2 is 1.52 bits per heavy atom. The average molecular weight is 366 g/mol. The molecule has 0 saturated carbocycles. The first-order valence-electron chi connectivity index (χ1n) is 9.54. The van der Waals surface area contributed by atoms with E-state index < -0.39 is 17.9 Å². The predicted octanol–water partition coefficient (Wildman–Crippen LogP) is 4.87. The zero-order valence-electron chi connectivity index (χ0n) is 15.9. The minimum atomic E-state index is -0.927. The molecule has 0 unspecified atom stereocenters. The summed E-state index contributed by atoms with van der Waals surface area (Å²) in [6, 6.07) is 16.3. The van der Waals surface area contributed by atoms with E-state index in [1.165, 1.54) is 11.1 Å². The maximum absolute atomic E-state index is 12.3. The van der Waals surface area contributed by atoms with Crippen LogP contribution >= 0.6 is 0 Å². The number of fused-ring (bicyclic) bond motifs is 3. The van der Waals surface area contributed by atoms with Crippen molar-refractivity contribution in [3.8, 4) is 11.1 Å². The second kappa shape index (κ2) is 8.38. The van der Waals surface area contributed by atoms with E-state index in [1.807, 2.05) is 38.1 Å². The number of carboxylic acid groups (broad SMARTS) is 1. The smallest absolute Gasteiger partial charge is 0.307 e. The summed E-state index contributed by atoms with van der Waals surface area (Å²) in [5.74, 6) is -1.63. The molecular formula is C23H26O4. The fourth-order valence-electron chi connectivity index (χ4n) is 3.72. The van der Waals surface area contributed by atoms with E-state index in [-0.39, 0.29) is 18.9 Å². The highest BCUT2D eigenvalue weighted by Gasteiger charge is 2.29. The van der Waals surface area contributed by atoms with Gasteiger partial charge in [-0.3, -0.25) is 9.59 Å². The van der Waals surface area contributed by atoms with Crippen LogP contribution in [0.2, 0.25) is 0 Å². The molecule has 0 amide bonds. The van der Waals surface area contributed by atoms with Gasteiger partial charge in [0.25, 0.3) is 0 Å². The van der Waals surface area contributed by atoms with Crippen LogP contribution in [0.5, 0.6) is 0 Å².